The third kappa shape index (κ3) is 1.91. The lowest BCUT2D eigenvalue weighted by atomic mass is 10.0. The number of likely N-dealkylation sites (N-methyl/N-ethyl adjacent to an activating group) is 1. The Labute approximate surface area is 86.7 Å². The maximum Gasteiger partial charge on any atom is 0.273 e. The maximum absolute atomic E-state index is 12.6. The van der Waals surface area contributed by atoms with Crippen LogP contribution in [0.4, 0.5) is 8.78 Å². The molecule has 1 aliphatic rings. The molecule has 1 aliphatic heterocycles. The molecular weight excluding hydrogens is 200 g/mol. The summed E-state index contributed by atoms with van der Waals surface area (Å²) in [4.78, 5) is 5.09. The first-order chi connectivity index (χ1) is 7.20. The van der Waals surface area contributed by atoms with Crippen molar-refractivity contribution in [3.05, 3.63) is 47.5 Å². The van der Waals surface area contributed by atoms with Gasteiger partial charge in [-0.05, 0) is 5.56 Å². The molecule has 0 radical (unpaired) electrons. The summed E-state index contributed by atoms with van der Waals surface area (Å²) in [6.07, 6.45) is -1.65. The molecule has 0 aliphatic carbocycles. The van der Waals surface area contributed by atoms with E-state index in [0.29, 0.717) is 0 Å². The van der Waals surface area contributed by atoms with Gasteiger partial charge in [0.1, 0.15) is 0 Å². The highest BCUT2D eigenvalue weighted by molar-refractivity contribution is 5.29. The minimum absolute atomic E-state index is 0.0294. The van der Waals surface area contributed by atoms with Gasteiger partial charge in [0.2, 0.25) is 0 Å². The molecule has 15 heavy (non-hydrogen) atoms. The summed E-state index contributed by atoms with van der Waals surface area (Å²) in [7, 11) is 1.66. The fourth-order valence-corrected chi connectivity index (χ4v) is 1.75. The van der Waals surface area contributed by atoms with E-state index in [2.05, 4.69) is 0 Å². The van der Waals surface area contributed by atoms with Crippen molar-refractivity contribution in [3.63, 3.8) is 0 Å². The lowest BCUT2D eigenvalue weighted by Gasteiger charge is -2.17. The summed E-state index contributed by atoms with van der Waals surface area (Å²) in [5, 5.41) is 1.46. The number of nitrogens with zero attached hydrogens (tertiary/aromatic N) is 1. The zero-order valence-electron chi connectivity index (χ0n) is 8.28. The van der Waals surface area contributed by atoms with Gasteiger partial charge in [0.05, 0.1) is 12.6 Å². The monoisotopic (exact) mass is 211 g/mol. The second-order valence-electron chi connectivity index (χ2n) is 3.42. The van der Waals surface area contributed by atoms with Crippen LogP contribution in [0.1, 0.15) is 11.6 Å². The van der Waals surface area contributed by atoms with Crippen molar-refractivity contribution in [3.8, 4) is 0 Å². The number of halogens is 2. The van der Waals surface area contributed by atoms with Gasteiger partial charge in [-0.15, -0.1) is 0 Å². The van der Waals surface area contributed by atoms with Gasteiger partial charge in [-0.1, -0.05) is 30.3 Å². The zero-order chi connectivity index (χ0) is 10.8. The van der Waals surface area contributed by atoms with Crippen molar-refractivity contribution < 1.29 is 13.6 Å². The normalized spacial score (nSPS) is 22.1. The smallest absolute Gasteiger partial charge is 0.273 e. The average Bonchev–Trinajstić information content (AvgIpc) is 2.61. The van der Waals surface area contributed by atoms with Gasteiger partial charge in [-0.2, -0.15) is 13.8 Å². The zero-order valence-corrected chi connectivity index (χ0v) is 8.28. The highest BCUT2D eigenvalue weighted by Gasteiger charge is 2.32. The second-order valence-corrected chi connectivity index (χ2v) is 3.42. The van der Waals surface area contributed by atoms with Gasteiger partial charge < -0.3 is 0 Å². The third-order valence-electron chi connectivity index (χ3n) is 2.48. The second kappa shape index (κ2) is 4.08. The molecule has 1 aromatic rings. The van der Waals surface area contributed by atoms with Crippen molar-refractivity contribution in [1.29, 1.82) is 0 Å². The van der Waals surface area contributed by atoms with Gasteiger partial charge >= 0.3 is 0 Å². The van der Waals surface area contributed by atoms with Crippen molar-refractivity contribution in [2.24, 2.45) is 0 Å². The van der Waals surface area contributed by atoms with Crippen LogP contribution >= 0.6 is 0 Å². The first kappa shape index (κ1) is 10.3. The van der Waals surface area contributed by atoms with Crippen molar-refractivity contribution in [2.75, 3.05) is 13.7 Å². The molecule has 0 amide bonds. The fraction of sp³-hybridized carbons (Fsp3) is 0.273. The van der Waals surface area contributed by atoms with Gasteiger partial charge in [0.15, 0.2) is 0 Å². The predicted molar refractivity (Wildman–Crippen MR) is 52.1 cm³/mol. The molecule has 0 bridgehead atoms. The molecule has 0 N–H and O–H groups in total. The highest BCUT2D eigenvalue weighted by atomic mass is 19.3. The van der Waals surface area contributed by atoms with E-state index in [4.69, 9.17) is 4.84 Å². The summed E-state index contributed by atoms with van der Waals surface area (Å²) >= 11 is 0. The fourth-order valence-electron chi connectivity index (χ4n) is 1.75. The van der Waals surface area contributed by atoms with Gasteiger partial charge in [0.25, 0.3) is 6.08 Å². The predicted octanol–water partition coefficient (Wildman–Crippen LogP) is 2.76. The molecule has 4 heteroatoms. The Bertz CT molecular complexity index is 373. The standard InChI is InChI=1S/C11H11F2NO/c1-14-10(8-5-3-2-4-6-8)9(7-15-14)11(12)13/h2-6,10H,7H2,1H3. The highest BCUT2D eigenvalue weighted by Crippen LogP contribution is 2.35. The van der Waals surface area contributed by atoms with Crippen LogP contribution in [0.3, 0.4) is 0 Å². The molecule has 0 aromatic heterocycles. The van der Waals surface area contributed by atoms with E-state index in [1.165, 1.54) is 5.06 Å². The summed E-state index contributed by atoms with van der Waals surface area (Å²) in [5.74, 6) is 0. The van der Waals surface area contributed by atoms with Crippen LogP contribution in [-0.4, -0.2) is 18.7 Å². The summed E-state index contributed by atoms with van der Waals surface area (Å²) in [6.45, 7) is -0.0294. The number of benzene rings is 1. The Hall–Kier alpha value is -1.26. The average molecular weight is 211 g/mol. The minimum Gasteiger partial charge on any atom is -0.294 e. The topological polar surface area (TPSA) is 12.5 Å². The third-order valence-corrected chi connectivity index (χ3v) is 2.48. The van der Waals surface area contributed by atoms with Crippen LogP contribution < -0.4 is 0 Å². The van der Waals surface area contributed by atoms with Crippen molar-refractivity contribution >= 4 is 0 Å². The van der Waals surface area contributed by atoms with Crippen LogP contribution in [0.5, 0.6) is 0 Å². The number of hydrogen-bond acceptors (Lipinski definition) is 2. The molecule has 1 atom stereocenters. The van der Waals surface area contributed by atoms with Crippen LogP contribution in [0.25, 0.3) is 0 Å². The molecule has 1 aromatic carbocycles. The van der Waals surface area contributed by atoms with E-state index in [-0.39, 0.29) is 12.2 Å². The SMILES string of the molecule is CN1OCC(=C(F)F)C1c1ccccc1. The van der Waals surface area contributed by atoms with Crippen molar-refractivity contribution in [2.45, 2.75) is 6.04 Å². The van der Waals surface area contributed by atoms with Gasteiger partial charge in [0, 0.05) is 12.6 Å². The summed E-state index contributed by atoms with van der Waals surface area (Å²) in [5.41, 5.74) is 0.865. The number of hydroxylamine groups is 2. The molecule has 2 nitrogen and oxygen atoms in total. The Balaban J connectivity index is 2.38. The van der Waals surface area contributed by atoms with E-state index in [1.54, 1.807) is 7.05 Å². The molecule has 80 valence electrons. The Morgan fingerprint density at radius 3 is 2.60 bits per heavy atom. The number of rotatable bonds is 1. The molecule has 1 heterocycles. The molecular formula is C11H11F2NO. The molecule has 1 saturated heterocycles. The maximum atomic E-state index is 12.6. The van der Waals surface area contributed by atoms with Crippen LogP contribution in [0, 0.1) is 0 Å². The van der Waals surface area contributed by atoms with E-state index in [0.717, 1.165) is 5.56 Å². The van der Waals surface area contributed by atoms with E-state index in [9.17, 15) is 8.78 Å². The van der Waals surface area contributed by atoms with Gasteiger partial charge in [-0.25, -0.2) is 0 Å². The molecule has 1 unspecified atom stereocenters. The van der Waals surface area contributed by atoms with E-state index < -0.39 is 12.1 Å². The van der Waals surface area contributed by atoms with E-state index in [1.807, 2.05) is 30.3 Å². The van der Waals surface area contributed by atoms with Crippen molar-refractivity contribution in [1.82, 2.24) is 5.06 Å². The molecule has 2 rings (SSSR count). The minimum atomic E-state index is -1.65. The summed E-state index contributed by atoms with van der Waals surface area (Å²) in [6, 6.07) is 8.69. The van der Waals surface area contributed by atoms with Gasteiger partial charge in [-0.3, -0.25) is 4.84 Å². The molecule has 0 spiro atoms. The first-order valence-electron chi connectivity index (χ1n) is 4.65. The Kier molecular flexibility index (Phi) is 2.79. The largest absolute Gasteiger partial charge is 0.294 e. The lowest BCUT2D eigenvalue weighted by molar-refractivity contribution is -0.110. The quantitative estimate of drug-likeness (QED) is 0.708. The Morgan fingerprint density at radius 1 is 1.33 bits per heavy atom. The van der Waals surface area contributed by atoms with Crippen LogP contribution in [0.15, 0.2) is 42.0 Å². The molecule has 1 fully saturated rings. The number of hydrogen-bond donors (Lipinski definition) is 0. The Morgan fingerprint density at radius 2 is 2.00 bits per heavy atom. The lowest BCUT2D eigenvalue weighted by Crippen LogP contribution is -2.16. The van der Waals surface area contributed by atoms with Crippen LogP contribution in [-0.2, 0) is 4.84 Å². The van der Waals surface area contributed by atoms with E-state index >= 15 is 0 Å². The summed E-state index contributed by atoms with van der Waals surface area (Å²) < 4.78 is 25.2. The first-order valence-corrected chi connectivity index (χ1v) is 4.65. The van der Waals surface area contributed by atoms with Crippen LogP contribution in [0.2, 0.25) is 0 Å². The molecule has 0 saturated carbocycles.